The molecular formula is C19H24ClN3O2S. The Bertz CT molecular complexity index is 748. The van der Waals surface area contributed by atoms with Crippen molar-refractivity contribution in [2.45, 2.75) is 51.6 Å². The molecule has 1 atom stereocenters. The van der Waals surface area contributed by atoms with Gasteiger partial charge < -0.3 is 14.7 Å². The average Bonchev–Trinajstić information content (AvgIpc) is 2.98. The van der Waals surface area contributed by atoms with Crippen molar-refractivity contribution < 1.29 is 9.32 Å². The molecule has 26 heavy (non-hydrogen) atoms. The van der Waals surface area contributed by atoms with Gasteiger partial charge in [0.15, 0.2) is 0 Å². The smallest absolute Gasteiger partial charge is 0.229 e. The molecule has 1 amide bonds. The summed E-state index contributed by atoms with van der Waals surface area (Å²) in [4.78, 5) is 15.2. The highest BCUT2D eigenvalue weighted by molar-refractivity contribution is 7.07. The summed E-state index contributed by atoms with van der Waals surface area (Å²) in [6, 6.07) is 2.49. The summed E-state index contributed by atoms with van der Waals surface area (Å²) in [5, 5.41) is 11.8. The molecule has 1 spiro atoms. The first-order valence-electron chi connectivity index (χ1n) is 9.21. The largest absolute Gasteiger partial charge is 0.344 e. The van der Waals surface area contributed by atoms with Crippen molar-refractivity contribution in [1.82, 2.24) is 15.4 Å². The van der Waals surface area contributed by atoms with E-state index >= 15 is 0 Å². The molecule has 0 bridgehead atoms. The molecule has 1 unspecified atom stereocenters. The Kier molecular flexibility index (Phi) is 5.08. The zero-order valence-electron chi connectivity index (χ0n) is 15.0. The van der Waals surface area contributed by atoms with Crippen LogP contribution in [-0.2, 0) is 17.8 Å². The van der Waals surface area contributed by atoms with Crippen LogP contribution in [0.1, 0.15) is 42.5 Å². The predicted molar refractivity (Wildman–Crippen MR) is 102 cm³/mol. The number of thiophene rings is 1. The third-order valence-electron chi connectivity index (χ3n) is 5.90. The normalized spacial score (nSPS) is 21.1. The van der Waals surface area contributed by atoms with Crippen LogP contribution in [0.5, 0.6) is 0 Å². The van der Waals surface area contributed by atoms with Crippen LogP contribution in [0.4, 0.5) is 0 Å². The Morgan fingerprint density at radius 3 is 2.96 bits per heavy atom. The number of aromatic nitrogens is 1. The van der Waals surface area contributed by atoms with Gasteiger partial charge in [-0.1, -0.05) is 5.16 Å². The minimum atomic E-state index is 0.202. The fourth-order valence-electron chi connectivity index (χ4n) is 4.20. The molecular weight excluding hydrogens is 370 g/mol. The number of rotatable bonds is 6. The van der Waals surface area contributed by atoms with Crippen molar-refractivity contribution in [3.8, 4) is 0 Å². The first kappa shape index (κ1) is 18.0. The topological polar surface area (TPSA) is 58.4 Å². The zero-order valence-corrected chi connectivity index (χ0v) is 16.5. The highest BCUT2D eigenvalue weighted by Gasteiger charge is 2.57. The number of hydrogen-bond acceptors (Lipinski definition) is 5. The van der Waals surface area contributed by atoms with Gasteiger partial charge in [-0.25, -0.2) is 0 Å². The van der Waals surface area contributed by atoms with Gasteiger partial charge in [0, 0.05) is 24.6 Å². The monoisotopic (exact) mass is 393 g/mol. The number of carbonyl (C=O) groups is 1. The Morgan fingerprint density at radius 2 is 2.31 bits per heavy atom. The lowest BCUT2D eigenvalue weighted by Crippen LogP contribution is -2.39. The summed E-state index contributed by atoms with van der Waals surface area (Å²) in [6.07, 6.45) is 4.49. The van der Waals surface area contributed by atoms with E-state index in [1.165, 1.54) is 18.4 Å². The summed E-state index contributed by atoms with van der Waals surface area (Å²) in [5.41, 5.74) is 3.18. The van der Waals surface area contributed by atoms with Gasteiger partial charge in [-0.05, 0) is 85.1 Å². The SMILES string of the molecule is Cc1noc(Cl)c1CCC(=O)N(Cc1ccsc1)C1CC12CCNCC2. The number of hydrogen-bond donors (Lipinski definition) is 1. The summed E-state index contributed by atoms with van der Waals surface area (Å²) in [5.74, 6) is 0.202. The maximum Gasteiger partial charge on any atom is 0.229 e. The second-order valence-electron chi connectivity index (χ2n) is 7.51. The fraction of sp³-hybridized carbons (Fsp3) is 0.579. The van der Waals surface area contributed by atoms with Gasteiger partial charge in [-0.3, -0.25) is 4.79 Å². The maximum absolute atomic E-state index is 13.1. The van der Waals surface area contributed by atoms with Crippen LogP contribution >= 0.6 is 22.9 Å². The summed E-state index contributed by atoms with van der Waals surface area (Å²) >= 11 is 7.74. The van der Waals surface area contributed by atoms with Gasteiger partial charge in [0.05, 0.1) is 5.69 Å². The Hall–Kier alpha value is -1.37. The molecule has 2 fully saturated rings. The van der Waals surface area contributed by atoms with E-state index in [2.05, 4.69) is 32.2 Å². The number of piperidine rings is 1. The molecule has 1 saturated heterocycles. The molecule has 0 radical (unpaired) electrons. The molecule has 1 aliphatic heterocycles. The van der Waals surface area contributed by atoms with Crippen LogP contribution < -0.4 is 5.32 Å². The minimum absolute atomic E-state index is 0.202. The number of nitrogens with zero attached hydrogens (tertiary/aromatic N) is 2. The molecule has 4 rings (SSSR count). The second-order valence-corrected chi connectivity index (χ2v) is 8.63. The molecule has 1 aliphatic carbocycles. The first-order valence-corrected chi connectivity index (χ1v) is 10.5. The number of halogens is 1. The Labute approximate surface area is 162 Å². The third-order valence-corrected chi connectivity index (χ3v) is 6.93. The van der Waals surface area contributed by atoms with E-state index in [1.807, 2.05) is 6.92 Å². The molecule has 0 aromatic carbocycles. The lowest BCUT2D eigenvalue weighted by molar-refractivity contribution is -0.133. The highest BCUT2D eigenvalue weighted by atomic mass is 35.5. The molecule has 3 heterocycles. The van der Waals surface area contributed by atoms with Crippen LogP contribution in [0.25, 0.3) is 0 Å². The third kappa shape index (κ3) is 3.55. The molecule has 2 aromatic rings. The van der Waals surface area contributed by atoms with E-state index in [-0.39, 0.29) is 5.91 Å². The number of nitrogens with one attached hydrogen (secondary N) is 1. The van der Waals surface area contributed by atoms with Crippen LogP contribution in [0.2, 0.25) is 5.22 Å². The highest BCUT2D eigenvalue weighted by Crippen LogP contribution is 2.56. The molecule has 140 valence electrons. The molecule has 2 aliphatic rings. The van der Waals surface area contributed by atoms with Crippen LogP contribution in [0, 0.1) is 12.3 Å². The van der Waals surface area contributed by atoms with Crippen LogP contribution in [0.3, 0.4) is 0 Å². The molecule has 7 heteroatoms. The number of aryl methyl sites for hydroxylation is 1. The van der Waals surface area contributed by atoms with E-state index in [0.29, 0.717) is 36.1 Å². The van der Waals surface area contributed by atoms with E-state index in [0.717, 1.165) is 30.8 Å². The summed E-state index contributed by atoms with van der Waals surface area (Å²) in [7, 11) is 0. The van der Waals surface area contributed by atoms with E-state index in [9.17, 15) is 4.79 Å². The first-order chi connectivity index (χ1) is 12.6. The van der Waals surface area contributed by atoms with Crippen LogP contribution in [0.15, 0.2) is 21.3 Å². The van der Waals surface area contributed by atoms with E-state index in [4.69, 9.17) is 16.1 Å². The van der Waals surface area contributed by atoms with Crippen molar-refractivity contribution in [2.75, 3.05) is 13.1 Å². The maximum atomic E-state index is 13.1. The predicted octanol–water partition coefficient (Wildman–Crippen LogP) is 3.80. The standard InChI is InChI=1S/C19H24ClN3O2S/c1-13-15(18(20)25-22-13)2-3-17(24)23(11-14-4-9-26-12-14)16-10-19(16)5-7-21-8-6-19/h4,9,12,16,21H,2-3,5-8,10-11H2,1H3. The van der Waals surface area contributed by atoms with Crippen LogP contribution in [-0.4, -0.2) is 35.1 Å². The summed E-state index contributed by atoms with van der Waals surface area (Å²) in [6.45, 7) is 4.70. The van der Waals surface area contributed by atoms with Gasteiger partial charge in [-0.2, -0.15) is 11.3 Å². The number of amides is 1. The molecule has 2 aromatic heterocycles. The van der Waals surface area contributed by atoms with E-state index in [1.54, 1.807) is 11.3 Å². The van der Waals surface area contributed by atoms with Gasteiger partial charge in [0.2, 0.25) is 11.1 Å². The molecule has 1 N–H and O–H groups in total. The van der Waals surface area contributed by atoms with Gasteiger partial charge in [-0.15, -0.1) is 0 Å². The lowest BCUT2D eigenvalue weighted by Gasteiger charge is -2.29. The Balaban J connectivity index is 1.46. The van der Waals surface area contributed by atoms with Crippen molar-refractivity contribution >= 4 is 28.8 Å². The molecule has 1 saturated carbocycles. The van der Waals surface area contributed by atoms with Crippen molar-refractivity contribution in [2.24, 2.45) is 5.41 Å². The number of carbonyl (C=O) groups excluding carboxylic acids is 1. The van der Waals surface area contributed by atoms with Crippen molar-refractivity contribution in [1.29, 1.82) is 0 Å². The van der Waals surface area contributed by atoms with Crippen molar-refractivity contribution in [3.63, 3.8) is 0 Å². The molecule has 5 nitrogen and oxygen atoms in total. The van der Waals surface area contributed by atoms with Gasteiger partial charge >= 0.3 is 0 Å². The summed E-state index contributed by atoms with van der Waals surface area (Å²) < 4.78 is 5.01. The van der Waals surface area contributed by atoms with Gasteiger partial charge in [0.25, 0.3) is 0 Å². The van der Waals surface area contributed by atoms with Gasteiger partial charge in [0.1, 0.15) is 0 Å². The van der Waals surface area contributed by atoms with E-state index < -0.39 is 0 Å². The van der Waals surface area contributed by atoms with Crippen molar-refractivity contribution in [3.05, 3.63) is 38.9 Å². The quantitative estimate of drug-likeness (QED) is 0.810. The zero-order chi connectivity index (χ0) is 18.1. The second kappa shape index (κ2) is 7.33. The average molecular weight is 394 g/mol. The minimum Gasteiger partial charge on any atom is -0.344 e. The Morgan fingerprint density at radius 1 is 1.50 bits per heavy atom. The fourth-order valence-corrected chi connectivity index (χ4v) is 5.12. The lowest BCUT2D eigenvalue weighted by atomic mass is 9.93.